The molecule has 0 aliphatic heterocycles. The normalized spacial score (nSPS) is 10.8. The van der Waals surface area contributed by atoms with Gasteiger partial charge in [0.15, 0.2) is 23.1 Å². The molecule has 108 valence electrons. The quantitative estimate of drug-likeness (QED) is 0.777. The minimum atomic E-state index is 0.287. The second kappa shape index (κ2) is 5.37. The highest BCUT2D eigenvalue weighted by Gasteiger charge is 2.12. The maximum absolute atomic E-state index is 5.54. The van der Waals surface area contributed by atoms with Crippen molar-refractivity contribution in [1.82, 2.24) is 19.7 Å². The van der Waals surface area contributed by atoms with E-state index in [-0.39, 0.29) is 6.54 Å². The molecule has 0 radical (unpaired) electrons. The fourth-order valence-corrected chi connectivity index (χ4v) is 2.16. The minimum absolute atomic E-state index is 0.287. The lowest BCUT2D eigenvalue weighted by atomic mass is 10.1. The number of hydrogen-bond donors (Lipinski definition) is 1. The van der Waals surface area contributed by atoms with E-state index in [1.165, 1.54) is 0 Å². The average Bonchev–Trinajstić information content (AvgIpc) is 3.01. The summed E-state index contributed by atoms with van der Waals surface area (Å²) in [5.74, 6) is 2.54. The van der Waals surface area contributed by atoms with Crippen LogP contribution < -0.4 is 15.2 Å². The summed E-state index contributed by atoms with van der Waals surface area (Å²) in [5, 5.41) is 6.16. The number of hydrogen-bond acceptors (Lipinski definition) is 6. The van der Waals surface area contributed by atoms with Gasteiger partial charge in [0.2, 0.25) is 0 Å². The van der Waals surface area contributed by atoms with E-state index in [1.807, 2.05) is 18.2 Å². The van der Waals surface area contributed by atoms with E-state index < -0.39 is 0 Å². The molecule has 0 saturated heterocycles. The van der Waals surface area contributed by atoms with E-state index in [0.717, 1.165) is 10.8 Å². The van der Waals surface area contributed by atoms with Crippen molar-refractivity contribution >= 4 is 10.8 Å². The molecule has 0 aliphatic carbocycles. The lowest BCUT2D eigenvalue weighted by Crippen LogP contribution is -2.03. The van der Waals surface area contributed by atoms with Gasteiger partial charge in [0.25, 0.3) is 0 Å². The Balaban J connectivity index is 2.23. The number of nitrogens with two attached hydrogens (primary N) is 1. The molecule has 7 nitrogen and oxygen atoms in total. The number of rotatable bonds is 4. The van der Waals surface area contributed by atoms with E-state index in [2.05, 4.69) is 15.1 Å². The molecule has 0 unspecified atom stereocenters. The van der Waals surface area contributed by atoms with Crippen LogP contribution in [0.15, 0.2) is 30.7 Å². The van der Waals surface area contributed by atoms with Gasteiger partial charge in [0, 0.05) is 11.6 Å². The molecule has 0 amide bonds. The monoisotopic (exact) mass is 285 g/mol. The molecule has 0 saturated carbocycles. The van der Waals surface area contributed by atoms with Crippen molar-refractivity contribution in [2.75, 3.05) is 14.2 Å². The van der Waals surface area contributed by atoms with Crippen molar-refractivity contribution in [3.05, 3.63) is 36.5 Å². The zero-order valence-corrected chi connectivity index (χ0v) is 11.8. The number of aromatic nitrogens is 4. The number of methoxy groups -OCH3 is 2. The largest absolute Gasteiger partial charge is 0.493 e. The van der Waals surface area contributed by atoms with Crippen LogP contribution >= 0.6 is 0 Å². The molecular weight excluding hydrogens is 270 g/mol. The van der Waals surface area contributed by atoms with Crippen molar-refractivity contribution in [2.45, 2.75) is 6.54 Å². The number of ether oxygens (including phenoxy) is 2. The van der Waals surface area contributed by atoms with Crippen molar-refractivity contribution in [2.24, 2.45) is 5.73 Å². The lowest BCUT2D eigenvalue weighted by molar-refractivity contribution is 0.356. The SMILES string of the molecule is COc1cc2ccnc(-n3cnc(CN)n3)c2cc1OC. The molecule has 0 spiro atoms. The zero-order chi connectivity index (χ0) is 14.8. The van der Waals surface area contributed by atoms with Gasteiger partial charge in [-0.2, -0.15) is 0 Å². The maximum Gasteiger partial charge on any atom is 0.164 e. The van der Waals surface area contributed by atoms with Crippen LogP contribution in [0.2, 0.25) is 0 Å². The van der Waals surface area contributed by atoms with Crippen LogP contribution in [0.4, 0.5) is 0 Å². The van der Waals surface area contributed by atoms with E-state index in [9.17, 15) is 0 Å². The summed E-state index contributed by atoms with van der Waals surface area (Å²) in [4.78, 5) is 8.50. The van der Waals surface area contributed by atoms with Gasteiger partial charge < -0.3 is 15.2 Å². The Morgan fingerprint density at radius 2 is 1.90 bits per heavy atom. The zero-order valence-electron chi connectivity index (χ0n) is 11.8. The molecule has 3 rings (SSSR count). The third-order valence-corrected chi connectivity index (χ3v) is 3.19. The summed E-state index contributed by atoms with van der Waals surface area (Å²) >= 11 is 0. The Morgan fingerprint density at radius 3 is 2.57 bits per heavy atom. The first-order chi connectivity index (χ1) is 10.3. The van der Waals surface area contributed by atoms with Gasteiger partial charge in [-0.3, -0.25) is 0 Å². The first-order valence-corrected chi connectivity index (χ1v) is 6.38. The Bertz CT molecular complexity index is 784. The number of benzene rings is 1. The van der Waals surface area contributed by atoms with Crippen LogP contribution in [-0.2, 0) is 6.54 Å². The molecule has 0 bridgehead atoms. The predicted octanol–water partition coefficient (Wildman–Crippen LogP) is 1.29. The second-order valence-corrected chi connectivity index (χ2v) is 4.37. The van der Waals surface area contributed by atoms with Crippen molar-refractivity contribution < 1.29 is 9.47 Å². The molecule has 21 heavy (non-hydrogen) atoms. The average molecular weight is 285 g/mol. The van der Waals surface area contributed by atoms with Crippen LogP contribution in [0.1, 0.15) is 5.82 Å². The fourth-order valence-electron chi connectivity index (χ4n) is 2.16. The topological polar surface area (TPSA) is 88.1 Å². The van der Waals surface area contributed by atoms with E-state index >= 15 is 0 Å². The third kappa shape index (κ3) is 2.27. The summed E-state index contributed by atoms with van der Waals surface area (Å²) in [6, 6.07) is 5.68. The lowest BCUT2D eigenvalue weighted by Gasteiger charge is -2.11. The van der Waals surface area contributed by atoms with Gasteiger partial charge in [-0.1, -0.05) is 0 Å². The van der Waals surface area contributed by atoms with Gasteiger partial charge >= 0.3 is 0 Å². The Labute approximate surface area is 121 Å². The van der Waals surface area contributed by atoms with Gasteiger partial charge in [-0.15, -0.1) is 5.10 Å². The first-order valence-electron chi connectivity index (χ1n) is 6.38. The van der Waals surface area contributed by atoms with Gasteiger partial charge in [-0.05, 0) is 23.6 Å². The Morgan fingerprint density at radius 1 is 1.14 bits per heavy atom. The maximum atomic E-state index is 5.54. The molecule has 2 aromatic heterocycles. The van der Waals surface area contributed by atoms with E-state index in [0.29, 0.717) is 23.1 Å². The van der Waals surface area contributed by atoms with Crippen LogP contribution in [0.25, 0.3) is 16.6 Å². The molecule has 7 heteroatoms. The van der Waals surface area contributed by atoms with E-state index in [4.69, 9.17) is 15.2 Å². The van der Waals surface area contributed by atoms with Gasteiger partial charge in [0.1, 0.15) is 6.33 Å². The molecule has 2 heterocycles. The summed E-state index contributed by atoms with van der Waals surface area (Å²) in [6.07, 6.45) is 3.31. The molecular formula is C14H15N5O2. The predicted molar refractivity (Wildman–Crippen MR) is 77.7 cm³/mol. The minimum Gasteiger partial charge on any atom is -0.493 e. The van der Waals surface area contributed by atoms with Crippen LogP contribution in [0.5, 0.6) is 11.5 Å². The summed E-state index contributed by atoms with van der Waals surface area (Å²) < 4.78 is 12.3. The molecule has 0 fully saturated rings. The smallest absolute Gasteiger partial charge is 0.164 e. The van der Waals surface area contributed by atoms with Crippen molar-refractivity contribution in [1.29, 1.82) is 0 Å². The number of pyridine rings is 1. The molecule has 0 atom stereocenters. The summed E-state index contributed by atoms with van der Waals surface area (Å²) in [7, 11) is 3.21. The first kappa shape index (κ1) is 13.3. The summed E-state index contributed by atoms with van der Waals surface area (Å²) in [6.45, 7) is 0.287. The Hall–Kier alpha value is -2.67. The van der Waals surface area contributed by atoms with Crippen LogP contribution in [-0.4, -0.2) is 34.0 Å². The van der Waals surface area contributed by atoms with Crippen LogP contribution in [0.3, 0.4) is 0 Å². The molecule has 1 aromatic carbocycles. The molecule has 0 aliphatic rings. The van der Waals surface area contributed by atoms with Gasteiger partial charge in [0.05, 0.1) is 20.8 Å². The highest BCUT2D eigenvalue weighted by Crippen LogP contribution is 2.33. The third-order valence-electron chi connectivity index (χ3n) is 3.19. The Kier molecular flexibility index (Phi) is 3.41. The highest BCUT2D eigenvalue weighted by atomic mass is 16.5. The number of fused-ring (bicyclic) bond motifs is 1. The van der Waals surface area contributed by atoms with Gasteiger partial charge in [-0.25, -0.2) is 14.6 Å². The van der Waals surface area contributed by atoms with Crippen molar-refractivity contribution in [3.8, 4) is 17.3 Å². The highest BCUT2D eigenvalue weighted by molar-refractivity contribution is 5.91. The van der Waals surface area contributed by atoms with Crippen molar-refractivity contribution in [3.63, 3.8) is 0 Å². The van der Waals surface area contributed by atoms with Crippen LogP contribution in [0, 0.1) is 0 Å². The summed E-state index contributed by atoms with van der Waals surface area (Å²) in [5.41, 5.74) is 5.54. The fraction of sp³-hybridized carbons (Fsp3) is 0.214. The van der Waals surface area contributed by atoms with E-state index in [1.54, 1.807) is 31.4 Å². The molecule has 3 aromatic rings. The second-order valence-electron chi connectivity index (χ2n) is 4.37. The standard InChI is InChI=1S/C14H15N5O2/c1-20-11-5-9-3-4-16-14(10(9)6-12(11)21-2)19-8-17-13(7-15)18-19/h3-6,8H,7,15H2,1-2H3. The number of nitrogens with zero attached hydrogens (tertiary/aromatic N) is 4. The molecule has 2 N–H and O–H groups in total.